The molecule has 1 aliphatic heterocycles. The summed E-state index contributed by atoms with van der Waals surface area (Å²) in [7, 11) is 0. The topological polar surface area (TPSA) is 102 Å². The lowest BCUT2D eigenvalue weighted by Crippen LogP contribution is -2.58. The van der Waals surface area contributed by atoms with Crippen LogP contribution >= 0.6 is 0 Å². The fourth-order valence-electron chi connectivity index (χ4n) is 3.07. The van der Waals surface area contributed by atoms with Crippen molar-refractivity contribution in [1.29, 1.82) is 0 Å². The Morgan fingerprint density at radius 3 is 2.21 bits per heavy atom. The number of aliphatic hydroxyl groups is 3. The molecule has 1 saturated heterocycles. The molecule has 5 atom stereocenters. The third-order valence-electron chi connectivity index (χ3n) is 4.47. The summed E-state index contributed by atoms with van der Waals surface area (Å²) in [5.74, 6) is -0.944. The second kappa shape index (κ2) is 9.19. The predicted molar refractivity (Wildman–Crippen MR) is 92.9 cm³/mol. The van der Waals surface area contributed by atoms with Gasteiger partial charge in [-0.05, 0) is 31.5 Å². The number of nitrogens with zero attached hydrogens (tertiary/aromatic N) is 1. The number of hydrogen-bond donors (Lipinski definition) is 4. The van der Waals surface area contributed by atoms with E-state index in [4.69, 9.17) is 4.74 Å². The molecule has 28 heavy (non-hydrogen) atoms. The number of hydrogen-bond acceptors (Lipinski definition) is 6. The summed E-state index contributed by atoms with van der Waals surface area (Å²) in [5.41, 5.74) is -0.422. The third-order valence-corrected chi connectivity index (χ3v) is 4.47. The average Bonchev–Trinajstić information content (AvgIpc) is 2.63. The number of aliphatic hydroxyl groups excluding tert-OH is 3. The molecule has 0 spiro atoms. The van der Waals surface area contributed by atoms with Gasteiger partial charge in [0.2, 0.25) is 0 Å². The van der Waals surface area contributed by atoms with Crippen LogP contribution in [0.1, 0.15) is 25.0 Å². The molecular weight excluding hydrogens is 381 g/mol. The minimum Gasteiger partial charge on any atom is -0.386 e. The van der Waals surface area contributed by atoms with Crippen molar-refractivity contribution in [3.8, 4) is 0 Å². The largest absolute Gasteiger partial charge is 0.416 e. The van der Waals surface area contributed by atoms with Gasteiger partial charge < -0.3 is 25.4 Å². The van der Waals surface area contributed by atoms with Crippen LogP contribution in [0.3, 0.4) is 0 Å². The van der Waals surface area contributed by atoms with Crippen LogP contribution in [0.4, 0.5) is 13.2 Å². The maximum absolute atomic E-state index is 12.5. The fourth-order valence-corrected chi connectivity index (χ4v) is 3.07. The van der Waals surface area contributed by atoms with E-state index in [0.29, 0.717) is 18.7 Å². The highest BCUT2D eigenvalue weighted by molar-refractivity contribution is 5.81. The van der Waals surface area contributed by atoms with Gasteiger partial charge in [-0.25, -0.2) is 0 Å². The Kier molecular flexibility index (Phi) is 7.40. The van der Waals surface area contributed by atoms with Crippen LogP contribution in [0.5, 0.6) is 0 Å². The molecule has 1 aromatic carbocycles. The van der Waals surface area contributed by atoms with Gasteiger partial charge in [-0.3, -0.25) is 9.69 Å². The molecule has 0 bridgehead atoms. The molecule has 0 saturated carbocycles. The molecule has 1 amide bonds. The van der Waals surface area contributed by atoms with E-state index in [1.54, 1.807) is 13.8 Å². The van der Waals surface area contributed by atoms with Crippen molar-refractivity contribution in [1.82, 2.24) is 10.2 Å². The molecule has 7 nitrogen and oxygen atoms in total. The Bertz CT molecular complexity index is 646. The normalized spacial score (nSPS) is 24.4. The summed E-state index contributed by atoms with van der Waals surface area (Å²) in [6.45, 7) is 4.11. The molecule has 1 aliphatic rings. The quantitative estimate of drug-likeness (QED) is 0.548. The molecule has 1 heterocycles. The molecular formula is C18H25F3N2O5. The first-order valence-electron chi connectivity index (χ1n) is 8.86. The third kappa shape index (κ3) is 5.89. The number of ether oxygens (including phenoxy) is 1. The second-order valence-corrected chi connectivity index (χ2v) is 6.97. The Morgan fingerprint density at radius 1 is 1.18 bits per heavy atom. The van der Waals surface area contributed by atoms with E-state index >= 15 is 0 Å². The number of morpholine rings is 1. The molecule has 2 rings (SSSR count). The van der Waals surface area contributed by atoms with E-state index in [1.165, 1.54) is 17.0 Å². The minimum absolute atomic E-state index is 0.136. The van der Waals surface area contributed by atoms with Gasteiger partial charge in [0.15, 0.2) is 6.10 Å². The second-order valence-electron chi connectivity index (χ2n) is 6.97. The molecule has 158 valence electrons. The maximum Gasteiger partial charge on any atom is 0.416 e. The van der Waals surface area contributed by atoms with Gasteiger partial charge in [0.1, 0.15) is 12.3 Å². The Hall–Kier alpha value is -1.72. The van der Waals surface area contributed by atoms with Crippen LogP contribution in [0.2, 0.25) is 0 Å². The predicted octanol–water partition coefficient (Wildman–Crippen LogP) is 0.471. The zero-order valence-corrected chi connectivity index (χ0v) is 15.6. The fraction of sp³-hybridized carbons (Fsp3) is 0.611. The highest BCUT2D eigenvalue weighted by Crippen LogP contribution is 2.29. The van der Waals surface area contributed by atoms with Gasteiger partial charge in [0.25, 0.3) is 5.91 Å². The number of rotatable bonds is 6. The molecule has 1 unspecified atom stereocenters. The van der Waals surface area contributed by atoms with E-state index in [9.17, 15) is 33.3 Å². The number of nitrogens with one attached hydrogen (secondary N) is 1. The number of alkyl halides is 3. The average molecular weight is 406 g/mol. The van der Waals surface area contributed by atoms with Crippen molar-refractivity contribution in [2.75, 3.05) is 13.1 Å². The molecule has 1 fully saturated rings. The van der Waals surface area contributed by atoms with Gasteiger partial charge >= 0.3 is 6.18 Å². The van der Waals surface area contributed by atoms with Crippen molar-refractivity contribution < 1.29 is 38.0 Å². The van der Waals surface area contributed by atoms with Crippen LogP contribution < -0.4 is 5.32 Å². The maximum atomic E-state index is 12.5. The van der Waals surface area contributed by atoms with Gasteiger partial charge in [0, 0.05) is 19.6 Å². The SMILES string of the molecule is C[C@@H]1CN(C(O)[C@H](O)[C@@H](O)C(=O)NCc2ccc(C(F)(F)F)cc2)C[C@H](C)O1. The van der Waals surface area contributed by atoms with Gasteiger partial charge in [-0.1, -0.05) is 12.1 Å². The smallest absolute Gasteiger partial charge is 0.386 e. The van der Waals surface area contributed by atoms with E-state index in [0.717, 1.165) is 12.1 Å². The monoisotopic (exact) mass is 406 g/mol. The van der Waals surface area contributed by atoms with Crippen LogP contribution in [0.25, 0.3) is 0 Å². The Labute approximate surface area is 160 Å². The summed E-state index contributed by atoms with van der Waals surface area (Å²) in [5, 5.41) is 32.7. The van der Waals surface area contributed by atoms with E-state index < -0.39 is 36.1 Å². The molecule has 10 heteroatoms. The summed E-state index contributed by atoms with van der Waals surface area (Å²) in [6.07, 6.45) is -9.96. The summed E-state index contributed by atoms with van der Waals surface area (Å²) < 4.78 is 43.1. The van der Waals surface area contributed by atoms with Crippen molar-refractivity contribution >= 4 is 5.91 Å². The van der Waals surface area contributed by atoms with Gasteiger partial charge in [-0.15, -0.1) is 0 Å². The Balaban J connectivity index is 1.89. The lowest BCUT2D eigenvalue weighted by atomic mass is 10.1. The van der Waals surface area contributed by atoms with Crippen LogP contribution in [0.15, 0.2) is 24.3 Å². The highest BCUT2D eigenvalue weighted by atomic mass is 19.4. The van der Waals surface area contributed by atoms with Crippen molar-refractivity contribution in [3.05, 3.63) is 35.4 Å². The number of carbonyl (C=O) groups excluding carboxylic acids is 1. The van der Waals surface area contributed by atoms with Crippen molar-refractivity contribution in [2.24, 2.45) is 0 Å². The Morgan fingerprint density at radius 2 is 1.71 bits per heavy atom. The number of amides is 1. The van der Waals surface area contributed by atoms with Gasteiger partial charge in [0.05, 0.1) is 17.8 Å². The zero-order chi connectivity index (χ0) is 21.1. The van der Waals surface area contributed by atoms with Gasteiger partial charge in [-0.2, -0.15) is 13.2 Å². The first-order valence-corrected chi connectivity index (χ1v) is 8.86. The van der Waals surface area contributed by atoms with Crippen molar-refractivity contribution in [3.63, 3.8) is 0 Å². The molecule has 0 aromatic heterocycles. The van der Waals surface area contributed by atoms with Crippen LogP contribution in [-0.4, -0.2) is 69.9 Å². The van der Waals surface area contributed by atoms with E-state index in [1.807, 2.05) is 0 Å². The summed E-state index contributed by atoms with van der Waals surface area (Å²) >= 11 is 0. The van der Waals surface area contributed by atoms with Crippen molar-refractivity contribution in [2.45, 2.75) is 57.2 Å². The lowest BCUT2D eigenvalue weighted by Gasteiger charge is -2.40. The molecule has 0 aliphatic carbocycles. The summed E-state index contributed by atoms with van der Waals surface area (Å²) in [6, 6.07) is 4.18. The van der Waals surface area contributed by atoms with Crippen LogP contribution in [0, 0.1) is 0 Å². The zero-order valence-electron chi connectivity index (χ0n) is 15.6. The molecule has 1 aromatic rings. The first-order chi connectivity index (χ1) is 13.0. The number of carbonyl (C=O) groups is 1. The standard InChI is InChI=1S/C18H25F3N2O5/c1-10-8-23(9-11(2)28-10)17(27)15(25)14(24)16(26)22-7-12-3-5-13(6-4-12)18(19,20)21/h3-6,10-11,14-15,17,24-25,27H,7-9H2,1-2H3,(H,22,26)/t10-,11+,14-,15-,17?/m1/s1. The lowest BCUT2D eigenvalue weighted by molar-refractivity contribution is -0.175. The molecule has 4 N–H and O–H groups in total. The molecule has 0 radical (unpaired) electrons. The first kappa shape index (κ1) is 22.6. The van der Waals surface area contributed by atoms with E-state index in [-0.39, 0.29) is 18.8 Å². The van der Waals surface area contributed by atoms with E-state index in [2.05, 4.69) is 5.32 Å². The number of halogens is 3. The van der Waals surface area contributed by atoms with Crippen LogP contribution in [-0.2, 0) is 22.3 Å². The minimum atomic E-state index is -4.45. The summed E-state index contributed by atoms with van der Waals surface area (Å²) in [4.78, 5) is 13.6. The highest BCUT2D eigenvalue weighted by Gasteiger charge is 2.36. The number of benzene rings is 1.